The van der Waals surface area contributed by atoms with Crippen molar-refractivity contribution in [2.45, 2.75) is 297 Å². The quantitative estimate of drug-likeness (QED) is 0.0346. The van der Waals surface area contributed by atoms with Gasteiger partial charge in [0.15, 0.2) is 6.10 Å². The summed E-state index contributed by atoms with van der Waals surface area (Å²) < 4.78 is 17.5. The zero-order valence-corrected chi connectivity index (χ0v) is 43.1. The maximum absolute atomic E-state index is 12.8. The van der Waals surface area contributed by atoms with E-state index >= 15 is 0 Å². The Morgan fingerprint density at radius 2 is 0.656 bits per heavy atom. The monoisotopic (exact) mass is 897 g/mol. The van der Waals surface area contributed by atoms with Crippen molar-refractivity contribution in [1.82, 2.24) is 0 Å². The molecule has 5 nitrogen and oxygen atoms in total. The lowest BCUT2D eigenvalue weighted by Crippen LogP contribution is -2.30. The Balaban J connectivity index is 4.25. The van der Waals surface area contributed by atoms with Crippen molar-refractivity contribution in [3.63, 3.8) is 0 Å². The minimum absolute atomic E-state index is 0.0794. The molecular weight excluding hydrogens is 789 g/mol. The van der Waals surface area contributed by atoms with Crippen LogP contribution in [0.3, 0.4) is 0 Å². The molecule has 64 heavy (non-hydrogen) atoms. The van der Waals surface area contributed by atoms with Gasteiger partial charge in [0, 0.05) is 19.4 Å². The zero-order chi connectivity index (χ0) is 46.3. The summed E-state index contributed by atoms with van der Waals surface area (Å²) in [7, 11) is 0. The van der Waals surface area contributed by atoms with Crippen molar-refractivity contribution >= 4 is 11.9 Å². The molecule has 1 unspecified atom stereocenters. The predicted molar refractivity (Wildman–Crippen MR) is 279 cm³/mol. The van der Waals surface area contributed by atoms with Gasteiger partial charge in [0.1, 0.15) is 6.61 Å². The van der Waals surface area contributed by atoms with Gasteiger partial charge in [-0.25, -0.2) is 0 Å². The third kappa shape index (κ3) is 52.5. The lowest BCUT2D eigenvalue weighted by atomic mass is 10.1. The molecule has 0 fully saturated rings. The Morgan fingerprint density at radius 1 is 0.344 bits per heavy atom. The maximum atomic E-state index is 12.8. The molecule has 0 saturated carbocycles. The van der Waals surface area contributed by atoms with E-state index in [0.29, 0.717) is 19.4 Å². The summed E-state index contributed by atoms with van der Waals surface area (Å²) in [5.74, 6) is -0.404. The van der Waals surface area contributed by atoms with Gasteiger partial charge in [-0.1, -0.05) is 223 Å². The van der Waals surface area contributed by atoms with Crippen LogP contribution >= 0.6 is 0 Å². The number of esters is 2. The average Bonchev–Trinajstić information content (AvgIpc) is 3.30. The van der Waals surface area contributed by atoms with Crippen LogP contribution in [0.4, 0.5) is 0 Å². The third-order valence-corrected chi connectivity index (χ3v) is 12.3. The van der Waals surface area contributed by atoms with Gasteiger partial charge in [-0.2, -0.15) is 0 Å². The van der Waals surface area contributed by atoms with Crippen molar-refractivity contribution in [2.75, 3.05) is 19.8 Å². The summed E-state index contributed by atoms with van der Waals surface area (Å²) in [4.78, 5) is 25.5. The van der Waals surface area contributed by atoms with Crippen molar-refractivity contribution in [1.29, 1.82) is 0 Å². The third-order valence-electron chi connectivity index (χ3n) is 12.3. The van der Waals surface area contributed by atoms with Gasteiger partial charge in [-0.05, 0) is 103 Å². The molecule has 0 aliphatic heterocycles. The van der Waals surface area contributed by atoms with E-state index in [1.165, 1.54) is 199 Å². The van der Waals surface area contributed by atoms with Gasteiger partial charge in [-0.15, -0.1) is 0 Å². The summed E-state index contributed by atoms with van der Waals surface area (Å²) >= 11 is 0. The van der Waals surface area contributed by atoms with Crippen LogP contribution in [0.25, 0.3) is 0 Å². The van der Waals surface area contributed by atoms with Gasteiger partial charge >= 0.3 is 11.9 Å². The minimum atomic E-state index is -0.544. The fourth-order valence-corrected chi connectivity index (χ4v) is 8.06. The van der Waals surface area contributed by atoms with Crippen LogP contribution < -0.4 is 0 Å². The number of allylic oxidation sites excluding steroid dienone is 8. The largest absolute Gasteiger partial charge is 0.462 e. The van der Waals surface area contributed by atoms with Gasteiger partial charge in [0.2, 0.25) is 0 Å². The van der Waals surface area contributed by atoms with Crippen LogP contribution in [0, 0.1) is 0 Å². The Labute approximate surface area is 399 Å². The Morgan fingerprint density at radius 3 is 1.09 bits per heavy atom. The van der Waals surface area contributed by atoms with E-state index < -0.39 is 6.10 Å². The molecule has 5 heteroatoms. The van der Waals surface area contributed by atoms with Gasteiger partial charge < -0.3 is 14.2 Å². The molecule has 0 aliphatic rings. The molecule has 0 aromatic rings. The molecule has 0 rings (SSSR count). The number of ether oxygens (including phenoxy) is 3. The van der Waals surface area contributed by atoms with Crippen LogP contribution in [0.2, 0.25) is 0 Å². The standard InChI is InChI=1S/C59H108O5/c1-4-7-10-13-16-19-22-25-27-29-31-33-36-39-42-45-48-51-54-62-55-57(64-59(61)53-50-47-44-41-38-34-24-21-18-15-12-9-6-3)56-63-58(60)52-49-46-43-40-37-35-32-30-28-26-23-20-17-14-11-8-5-2/h16,19,21,24-28,57H,4-15,17-18,20,22-23,29-56H2,1-3H3/b19-16-,24-21-,27-25-,28-26-. The van der Waals surface area contributed by atoms with Gasteiger partial charge in [0.25, 0.3) is 0 Å². The molecule has 0 bridgehead atoms. The van der Waals surface area contributed by atoms with Crippen molar-refractivity contribution in [3.05, 3.63) is 48.6 Å². The Hall–Kier alpha value is -2.14. The number of hydrogen-bond acceptors (Lipinski definition) is 5. The molecule has 0 N–H and O–H groups in total. The maximum Gasteiger partial charge on any atom is 0.306 e. The number of hydrogen-bond donors (Lipinski definition) is 0. The molecule has 1 atom stereocenters. The highest BCUT2D eigenvalue weighted by molar-refractivity contribution is 5.70. The second kappa shape index (κ2) is 55.2. The Kier molecular flexibility index (Phi) is 53.3. The van der Waals surface area contributed by atoms with Crippen LogP contribution in [0.15, 0.2) is 48.6 Å². The smallest absolute Gasteiger partial charge is 0.306 e. The summed E-state index contributed by atoms with van der Waals surface area (Å²) in [5, 5.41) is 0. The van der Waals surface area contributed by atoms with Crippen LogP contribution in [-0.4, -0.2) is 37.9 Å². The van der Waals surface area contributed by atoms with E-state index in [1.54, 1.807) is 0 Å². The lowest BCUT2D eigenvalue weighted by molar-refractivity contribution is -0.163. The lowest BCUT2D eigenvalue weighted by Gasteiger charge is -2.18. The SMILES string of the molecule is CCCCC/C=C\C/C=C\CCCCCCCCCCOCC(COC(=O)CCCCCCCCC/C=C\CCCCCCCC)OC(=O)CCCCCCC/C=C\CCCCCC. The number of unbranched alkanes of at least 4 members (excludes halogenated alkanes) is 33. The zero-order valence-electron chi connectivity index (χ0n) is 43.1. The van der Waals surface area contributed by atoms with E-state index in [1.807, 2.05) is 0 Å². The van der Waals surface area contributed by atoms with E-state index in [0.717, 1.165) is 57.8 Å². The molecule has 0 heterocycles. The molecule has 0 aromatic heterocycles. The molecule has 0 spiro atoms. The van der Waals surface area contributed by atoms with E-state index in [9.17, 15) is 9.59 Å². The molecule has 0 saturated heterocycles. The van der Waals surface area contributed by atoms with Crippen LogP contribution in [0.1, 0.15) is 290 Å². The normalized spacial score (nSPS) is 12.5. The Bertz CT molecular complexity index is 1060. The van der Waals surface area contributed by atoms with Crippen molar-refractivity contribution in [2.24, 2.45) is 0 Å². The van der Waals surface area contributed by atoms with E-state index in [2.05, 4.69) is 69.4 Å². The summed E-state index contributed by atoms with van der Waals surface area (Å²) in [6, 6.07) is 0. The molecule has 0 aromatic carbocycles. The highest BCUT2D eigenvalue weighted by Gasteiger charge is 2.17. The molecule has 0 aliphatic carbocycles. The molecule has 374 valence electrons. The summed E-state index contributed by atoms with van der Waals surface area (Å²) in [6.45, 7) is 7.80. The van der Waals surface area contributed by atoms with Crippen molar-refractivity contribution < 1.29 is 23.8 Å². The van der Waals surface area contributed by atoms with E-state index in [-0.39, 0.29) is 25.2 Å². The average molecular weight is 898 g/mol. The highest BCUT2D eigenvalue weighted by Crippen LogP contribution is 2.15. The first kappa shape index (κ1) is 61.9. The number of carbonyl (C=O) groups is 2. The van der Waals surface area contributed by atoms with Crippen LogP contribution in [-0.2, 0) is 23.8 Å². The predicted octanol–water partition coefficient (Wildman–Crippen LogP) is 19.1. The van der Waals surface area contributed by atoms with E-state index in [4.69, 9.17) is 14.2 Å². The van der Waals surface area contributed by atoms with Gasteiger partial charge in [-0.3, -0.25) is 9.59 Å². The summed E-state index contributed by atoms with van der Waals surface area (Å²) in [6.07, 6.45) is 68.4. The minimum Gasteiger partial charge on any atom is -0.462 e. The van der Waals surface area contributed by atoms with Gasteiger partial charge in [0.05, 0.1) is 6.61 Å². The number of carbonyl (C=O) groups excluding carboxylic acids is 2. The summed E-state index contributed by atoms with van der Waals surface area (Å²) in [5.41, 5.74) is 0. The highest BCUT2D eigenvalue weighted by atomic mass is 16.6. The fraction of sp³-hybridized carbons (Fsp3) is 0.831. The first-order valence-electron chi connectivity index (χ1n) is 28.2. The second-order valence-corrected chi connectivity index (χ2v) is 18.8. The molecule has 0 radical (unpaired) electrons. The fourth-order valence-electron chi connectivity index (χ4n) is 8.06. The first-order chi connectivity index (χ1) is 31.6. The number of rotatable bonds is 52. The second-order valence-electron chi connectivity index (χ2n) is 18.8. The van der Waals surface area contributed by atoms with Crippen molar-refractivity contribution in [3.8, 4) is 0 Å². The topological polar surface area (TPSA) is 61.8 Å². The van der Waals surface area contributed by atoms with Crippen LogP contribution in [0.5, 0.6) is 0 Å². The molecular formula is C59H108O5. The molecule has 0 amide bonds. The first-order valence-corrected chi connectivity index (χ1v) is 28.2.